The Morgan fingerprint density at radius 2 is 2.32 bits per heavy atom. The average molecular weight is 265 g/mol. The van der Waals surface area contributed by atoms with Gasteiger partial charge < -0.3 is 15.7 Å². The van der Waals surface area contributed by atoms with Crippen LogP contribution in [0.5, 0.6) is 0 Å². The van der Waals surface area contributed by atoms with Crippen LogP contribution in [0.15, 0.2) is 18.2 Å². The maximum atomic E-state index is 12.2. The van der Waals surface area contributed by atoms with E-state index < -0.39 is 4.92 Å². The van der Waals surface area contributed by atoms with Crippen molar-refractivity contribution in [3.63, 3.8) is 0 Å². The molecule has 2 rings (SSSR count). The zero-order chi connectivity index (χ0) is 14.0. The Morgan fingerprint density at radius 1 is 1.58 bits per heavy atom. The van der Waals surface area contributed by atoms with Gasteiger partial charge in [0.25, 0.3) is 11.6 Å². The molecule has 1 aromatic carbocycles. The smallest absolute Gasteiger partial charge is 0.292 e. The Kier molecular flexibility index (Phi) is 3.66. The van der Waals surface area contributed by atoms with Crippen molar-refractivity contribution < 1.29 is 14.8 Å². The van der Waals surface area contributed by atoms with Crippen LogP contribution in [-0.2, 0) is 0 Å². The van der Waals surface area contributed by atoms with Crippen LogP contribution in [0, 0.1) is 16.0 Å². The van der Waals surface area contributed by atoms with Gasteiger partial charge in [0.05, 0.1) is 4.92 Å². The standard InChI is InChI=1S/C12H15N3O4/c13-10-2-1-9(5-11(10)15(18)19)12(17)14-4-3-8(6-14)7-16/h1-2,5,8,16H,3-4,6-7,13H2. The maximum absolute atomic E-state index is 12.2. The number of hydrogen-bond acceptors (Lipinski definition) is 5. The highest BCUT2D eigenvalue weighted by Gasteiger charge is 2.27. The van der Waals surface area contributed by atoms with Gasteiger partial charge in [0.2, 0.25) is 0 Å². The van der Waals surface area contributed by atoms with Crippen LogP contribution >= 0.6 is 0 Å². The minimum atomic E-state index is -0.605. The molecule has 1 aliphatic heterocycles. The highest BCUT2D eigenvalue weighted by atomic mass is 16.6. The lowest BCUT2D eigenvalue weighted by Crippen LogP contribution is -2.29. The summed E-state index contributed by atoms with van der Waals surface area (Å²) < 4.78 is 0. The summed E-state index contributed by atoms with van der Waals surface area (Å²) >= 11 is 0. The summed E-state index contributed by atoms with van der Waals surface area (Å²) in [7, 11) is 0. The molecule has 1 amide bonds. The number of hydrogen-bond donors (Lipinski definition) is 2. The fourth-order valence-corrected chi connectivity index (χ4v) is 2.18. The van der Waals surface area contributed by atoms with E-state index in [0.717, 1.165) is 6.42 Å². The summed E-state index contributed by atoms with van der Waals surface area (Å²) in [6.07, 6.45) is 0.749. The van der Waals surface area contributed by atoms with Crippen molar-refractivity contribution in [2.24, 2.45) is 5.92 Å². The van der Waals surface area contributed by atoms with Gasteiger partial charge in [-0.25, -0.2) is 0 Å². The predicted octanol–water partition coefficient (Wildman–Crippen LogP) is 0.631. The molecule has 0 radical (unpaired) electrons. The lowest BCUT2D eigenvalue weighted by molar-refractivity contribution is -0.383. The van der Waals surface area contributed by atoms with E-state index in [9.17, 15) is 14.9 Å². The minimum Gasteiger partial charge on any atom is -0.396 e. The van der Waals surface area contributed by atoms with Crippen molar-refractivity contribution in [2.75, 3.05) is 25.4 Å². The van der Waals surface area contributed by atoms with Crippen LogP contribution in [0.1, 0.15) is 16.8 Å². The van der Waals surface area contributed by atoms with Gasteiger partial charge in [-0.3, -0.25) is 14.9 Å². The topological polar surface area (TPSA) is 110 Å². The second-order valence-corrected chi connectivity index (χ2v) is 4.62. The molecule has 0 bridgehead atoms. The van der Waals surface area contributed by atoms with E-state index in [4.69, 9.17) is 10.8 Å². The number of nitrogen functional groups attached to an aromatic ring is 1. The van der Waals surface area contributed by atoms with Gasteiger partial charge in [0, 0.05) is 37.2 Å². The maximum Gasteiger partial charge on any atom is 0.292 e. The third-order valence-electron chi connectivity index (χ3n) is 3.31. The van der Waals surface area contributed by atoms with Gasteiger partial charge in [0.1, 0.15) is 5.69 Å². The van der Waals surface area contributed by atoms with Crippen molar-refractivity contribution in [1.82, 2.24) is 4.90 Å². The van der Waals surface area contributed by atoms with E-state index in [1.165, 1.54) is 18.2 Å². The molecule has 1 atom stereocenters. The zero-order valence-corrected chi connectivity index (χ0v) is 10.3. The number of likely N-dealkylation sites (tertiary alicyclic amines) is 1. The first-order valence-electron chi connectivity index (χ1n) is 5.97. The normalized spacial score (nSPS) is 18.6. The zero-order valence-electron chi connectivity index (χ0n) is 10.3. The molecule has 1 fully saturated rings. The van der Waals surface area contributed by atoms with Gasteiger partial charge >= 0.3 is 0 Å². The van der Waals surface area contributed by atoms with Crippen molar-refractivity contribution >= 4 is 17.3 Å². The Bertz CT molecular complexity index is 518. The first-order valence-corrected chi connectivity index (χ1v) is 5.97. The predicted molar refractivity (Wildman–Crippen MR) is 68.6 cm³/mol. The molecular weight excluding hydrogens is 250 g/mol. The molecule has 1 saturated heterocycles. The quantitative estimate of drug-likeness (QED) is 0.473. The summed E-state index contributed by atoms with van der Waals surface area (Å²) in [4.78, 5) is 23.9. The third-order valence-corrected chi connectivity index (χ3v) is 3.31. The molecule has 19 heavy (non-hydrogen) atoms. The Balaban J connectivity index is 2.20. The van der Waals surface area contributed by atoms with Crippen molar-refractivity contribution in [3.05, 3.63) is 33.9 Å². The molecule has 3 N–H and O–H groups in total. The number of nitro groups is 1. The van der Waals surface area contributed by atoms with Crippen LogP contribution in [0.2, 0.25) is 0 Å². The molecule has 0 saturated carbocycles. The monoisotopic (exact) mass is 265 g/mol. The second-order valence-electron chi connectivity index (χ2n) is 4.62. The summed E-state index contributed by atoms with van der Waals surface area (Å²) in [5.41, 5.74) is 5.52. The number of benzene rings is 1. The molecule has 1 aliphatic rings. The fourth-order valence-electron chi connectivity index (χ4n) is 2.18. The number of nitrogens with zero attached hydrogens (tertiary/aromatic N) is 2. The molecule has 0 spiro atoms. The average Bonchev–Trinajstić information content (AvgIpc) is 2.87. The number of aliphatic hydroxyl groups excluding tert-OH is 1. The van der Waals surface area contributed by atoms with Gasteiger partial charge in [0.15, 0.2) is 0 Å². The Labute approximate surface area is 109 Å². The first-order chi connectivity index (χ1) is 9.02. The number of anilines is 1. The number of nitrogens with two attached hydrogens (primary N) is 1. The number of amides is 1. The number of carbonyl (C=O) groups is 1. The van der Waals surface area contributed by atoms with Crippen LogP contribution in [-0.4, -0.2) is 40.5 Å². The van der Waals surface area contributed by atoms with Gasteiger partial charge in [-0.2, -0.15) is 0 Å². The van der Waals surface area contributed by atoms with Crippen molar-refractivity contribution in [3.8, 4) is 0 Å². The van der Waals surface area contributed by atoms with Crippen LogP contribution in [0.4, 0.5) is 11.4 Å². The van der Waals surface area contributed by atoms with E-state index in [1.54, 1.807) is 4.90 Å². The summed E-state index contributed by atoms with van der Waals surface area (Å²) in [5.74, 6) is -0.174. The SMILES string of the molecule is Nc1ccc(C(=O)N2CCC(CO)C2)cc1[N+](=O)[O-]. The highest BCUT2D eigenvalue weighted by Crippen LogP contribution is 2.24. The minimum absolute atomic E-state index is 0.0382. The molecular formula is C12H15N3O4. The largest absolute Gasteiger partial charge is 0.396 e. The van der Waals surface area contributed by atoms with E-state index in [2.05, 4.69) is 0 Å². The Morgan fingerprint density at radius 3 is 2.89 bits per heavy atom. The number of aliphatic hydroxyl groups is 1. The third kappa shape index (κ3) is 2.65. The fraction of sp³-hybridized carbons (Fsp3) is 0.417. The molecule has 0 aliphatic carbocycles. The number of nitro benzene ring substituents is 1. The van der Waals surface area contributed by atoms with Crippen LogP contribution in [0.3, 0.4) is 0 Å². The van der Waals surface area contributed by atoms with Gasteiger partial charge in [-0.15, -0.1) is 0 Å². The van der Waals surface area contributed by atoms with E-state index in [0.29, 0.717) is 13.1 Å². The van der Waals surface area contributed by atoms with E-state index >= 15 is 0 Å². The van der Waals surface area contributed by atoms with E-state index in [-0.39, 0.29) is 35.4 Å². The second kappa shape index (κ2) is 5.23. The van der Waals surface area contributed by atoms with Crippen LogP contribution in [0.25, 0.3) is 0 Å². The van der Waals surface area contributed by atoms with E-state index in [1.807, 2.05) is 0 Å². The summed E-state index contributed by atoms with van der Waals surface area (Å²) in [6, 6.07) is 4.05. The van der Waals surface area contributed by atoms with Crippen molar-refractivity contribution in [1.29, 1.82) is 0 Å². The molecule has 7 nitrogen and oxygen atoms in total. The summed E-state index contributed by atoms with van der Waals surface area (Å²) in [6.45, 7) is 1.08. The molecule has 0 aromatic heterocycles. The molecule has 7 heteroatoms. The number of carbonyl (C=O) groups excluding carboxylic acids is 1. The molecule has 1 unspecified atom stereocenters. The molecule has 1 aromatic rings. The first kappa shape index (κ1) is 13.3. The molecule has 1 heterocycles. The highest BCUT2D eigenvalue weighted by molar-refractivity contribution is 5.95. The van der Waals surface area contributed by atoms with Gasteiger partial charge in [-0.05, 0) is 18.6 Å². The lowest BCUT2D eigenvalue weighted by Gasteiger charge is -2.16. The summed E-state index contributed by atoms with van der Waals surface area (Å²) in [5, 5.41) is 19.8. The van der Waals surface area contributed by atoms with Crippen molar-refractivity contribution in [2.45, 2.75) is 6.42 Å². The molecule has 102 valence electrons. The Hall–Kier alpha value is -2.15. The van der Waals surface area contributed by atoms with Crippen LogP contribution < -0.4 is 5.73 Å². The number of rotatable bonds is 3. The lowest BCUT2D eigenvalue weighted by atomic mass is 10.1. The van der Waals surface area contributed by atoms with Gasteiger partial charge in [-0.1, -0.05) is 0 Å².